The van der Waals surface area contributed by atoms with E-state index in [4.69, 9.17) is 16.0 Å². The number of hydrogen-bond acceptors (Lipinski definition) is 3. The molecule has 0 spiro atoms. The molecule has 0 bridgehead atoms. The van der Waals surface area contributed by atoms with E-state index in [1.54, 1.807) is 12.1 Å². The summed E-state index contributed by atoms with van der Waals surface area (Å²) in [6.07, 6.45) is 1.99. The maximum absolute atomic E-state index is 12.5. The number of aromatic nitrogens is 2. The standard InChI is InChI=1S/C15H18ClN3O2/c1-10-8-11(2)19(17-10)9-12-4-3-7-18(12)15(20)13-5-6-14(16)21-13/h5-6,8,12H,3-4,7,9H2,1-2H3/t12-/m0/s1. The van der Waals surface area contributed by atoms with Crippen molar-refractivity contribution in [3.63, 3.8) is 0 Å². The van der Waals surface area contributed by atoms with Crippen LogP contribution in [-0.4, -0.2) is 33.2 Å². The highest BCUT2D eigenvalue weighted by atomic mass is 35.5. The second kappa shape index (κ2) is 5.56. The molecule has 0 radical (unpaired) electrons. The second-order valence-corrected chi connectivity index (χ2v) is 5.88. The molecule has 3 heterocycles. The van der Waals surface area contributed by atoms with Crippen molar-refractivity contribution in [2.75, 3.05) is 6.54 Å². The first kappa shape index (κ1) is 14.2. The minimum Gasteiger partial charge on any atom is -0.440 e. The summed E-state index contributed by atoms with van der Waals surface area (Å²) in [6, 6.07) is 5.43. The SMILES string of the molecule is Cc1cc(C)n(C[C@@H]2CCCN2C(=O)c2ccc(Cl)o2)n1. The molecule has 6 heteroatoms. The van der Waals surface area contributed by atoms with E-state index in [2.05, 4.69) is 5.10 Å². The predicted molar refractivity (Wildman–Crippen MR) is 79.5 cm³/mol. The first-order valence-corrected chi connectivity index (χ1v) is 7.50. The molecule has 0 aliphatic carbocycles. The van der Waals surface area contributed by atoms with Crippen LogP contribution >= 0.6 is 11.6 Å². The Morgan fingerprint density at radius 3 is 2.90 bits per heavy atom. The van der Waals surface area contributed by atoms with Gasteiger partial charge in [-0.25, -0.2) is 0 Å². The number of carbonyl (C=O) groups is 1. The summed E-state index contributed by atoms with van der Waals surface area (Å²) in [5.74, 6) is 0.214. The van der Waals surface area contributed by atoms with Crippen molar-refractivity contribution in [1.29, 1.82) is 0 Å². The average molecular weight is 308 g/mol. The summed E-state index contributed by atoms with van der Waals surface area (Å²) in [5, 5.41) is 4.72. The molecule has 2 aromatic heterocycles. The molecular weight excluding hydrogens is 290 g/mol. The van der Waals surface area contributed by atoms with Crippen LogP contribution in [0.3, 0.4) is 0 Å². The van der Waals surface area contributed by atoms with Gasteiger partial charge >= 0.3 is 0 Å². The number of furan rings is 1. The molecule has 1 atom stereocenters. The third-order valence-corrected chi connectivity index (χ3v) is 4.11. The lowest BCUT2D eigenvalue weighted by molar-refractivity contribution is 0.0689. The van der Waals surface area contributed by atoms with Crippen molar-refractivity contribution in [1.82, 2.24) is 14.7 Å². The summed E-state index contributed by atoms with van der Waals surface area (Å²) in [7, 11) is 0. The molecule has 1 saturated heterocycles. The van der Waals surface area contributed by atoms with E-state index in [0.717, 1.165) is 37.3 Å². The highest BCUT2D eigenvalue weighted by Crippen LogP contribution is 2.23. The number of aryl methyl sites for hydroxylation is 2. The first-order valence-electron chi connectivity index (χ1n) is 7.12. The van der Waals surface area contributed by atoms with Crippen LogP contribution in [-0.2, 0) is 6.54 Å². The lowest BCUT2D eigenvalue weighted by Crippen LogP contribution is -2.38. The van der Waals surface area contributed by atoms with Crippen LogP contribution in [0.5, 0.6) is 0 Å². The summed E-state index contributed by atoms with van der Waals surface area (Å²) in [6.45, 7) is 5.49. The maximum Gasteiger partial charge on any atom is 0.289 e. The Labute approximate surface area is 128 Å². The van der Waals surface area contributed by atoms with E-state index < -0.39 is 0 Å². The van der Waals surface area contributed by atoms with Crippen molar-refractivity contribution in [3.05, 3.63) is 40.6 Å². The van der Waals surface area contributed by atoms with Crippen LogP contribution in [0.15, 0.2) is 22.6 Å². The van der Waals surface area contributed by atoms with Gasteiger partial charge in [0.25, 0.3) is 5.91 Å². The van der Waals surface area contributed by atoms with Gasteiger partial charge in [-0.15, -0.1) is 0 Å². The number of amides is 1. The molecule has 1 aliphatic heterocycles. The molecule has 0 unspecified atom stereocenters. The Morgan fingerprint density at radius 2 is 2.29 bits per heavy atom. The Kier molecular flexibility index (Phi) is 3.76. The van der Waals surface area contributed by atoms with Gasteiger partial charge in [0.2, 0.25) is 0 Å². The Bertz CT molecular complexity index is 662. The summed E-state index contributed by atoms with van der Waals surface area (Å²) in [4.78, 5) is 14.4. The van der Waals surface area contributed by atoms with Crippen molar-refractivity contribution in [3.8, 4) is 0 Å². The molecule has 5 nitrogen and oxygen atoms in total. The fraction of sp³-hybridized carbons (Fsp3) is 0.467. The van der Waals surface area contributed by atoms with Crippen LogP contribution < -0.4 is 0 Å². The lowest BCUT2D eigenvalue weighted by atomic mass is 10.2. The third-order valence-electron chi connectivity index (χ3n) is 3.91. The number of carbonyl (C=O) groups excluding carboxylic acids is 1. The molecule has 112 valence electrons. The molecule has 1 aliphatic rings. The van der Waals surface area contributed by atoms with Gasteiger partial charge in [-0.3, -0.25) is 9.48 Å². The van der Waals surface area contributed by atoms with Crippen LogP contribution in [0.1, 0.15) is 34.8 Å². The molecule has 1 fully saturated rings. The van der Waals surface area contributed by atoms with Gasteiger partial charge in [-0.2, -0.15) is 5.10 Å². The average Bonchev–Trinajstić information content (AvgIpc) is 3.12. The van der Waals surface area contributed by atoms with Crippen molar-refractivity contribution >= 4 is 17.5 Å². The Hall–Kier alpha value is -1.75. The van der Waals surface area contributed by atoms with E-state index in [-0.39, 0.29) is 17.2 Å². The van der Waals surface area contributed by atoms with Crippen LogP contribution in [0.4, 0.5) is 0 Å². The van der Waals surface area contributed by atoms with E-state index in [0.29, 0.717) is 5.76 Å². The van der Waals surface area contributed by atoms with E-state index in [1.165, 1.54) is 0 Å². The van der Waals surface area contributed by atoms with Gasteiger partial charge in [-0.05, 0) is 56.5 Å². The Morgan fingerprint density at radius 1 is 1.48 bits per heavy atom. The van der Waals surface area contributed by atoms with Gasteiger partial charge in [0.05, 0.1) is 18.3 Å². The van der Waals surface area contributed by atoms with Gasteiger partial charge in [0.1, 0.15) is 0 Å². The third kappa shape index (κ3) is 2.83. The van der Waals surface area contributed by atoms with Gasteiger partial charge in [-0.1, -0.05) is 0 Å². The number of nitrogens with zero attached hydrogens (tertiary/aromatic N) is 3. The smallest absolute Gasteiger partial charge is 0.289 e. The van der Waals surface area contributed by atoms with E-state index in [1.807, 2.05) is 29.5 Å². The molecule has 3 rings (SSSR count). The van der Waals surface area contributed by atoms with Crippen LogP contribution in [0.2, 0.25) is 5.22 Å². The zero-order chi connectivity index (χ0) is 15.0. The van der Waals surface area contributed by atoms with E-state index >= 15 is 0 Å². The Balaban J connectivity index is 1.76. The molecule has 0 saturated carbocycles. The minimum atomic E-state index is -0.0917. The van der Waals surface area contributed by atoms with Crippen LogP contribution in [0.25, 0.3) is 0 Å². The zero-order valence-electron chi connectivity index (χ0n) is 12.2. The molecule has 1 amide bonds. The molecule has 2 aromatic rings. The molecule has 21 heavy (non-hydrogen) atoms. The molecule has 0 aromatic carbocycles. The first-order chi connectivity index (χ1) is 10.0. The van der Waals surface area contributed by atoms with Gasteiger partial charge in [0.15, 0.2) is 11.0 Å². The predicted octanol–water partition coefficient (Wildman–Crippen LogP) is 3.05. The monoisotopic (exact) mass is 307 g/mol. The topological polar surface area (TPSA) is 51.3 Å². The number of hydrogen-bond donors (Lipinski definition) is 0. The minimum absolute atomic E-state index is 0.0917. The van der Waals surface area contributed by atoms with Crippen molar-refractivity contribution < 1.29 is 9.21 Å². The molecule has 0 N–H and O–H groups in total. The molecular formula is C15H18ClN3O2. The van der Waals surface area contributed by atoms with E-state index in [9.17, 15) is 4.79 Å². The zero-order valence-corrected chi connectivity index (χ0v) is 12.9. The maximum atomic E-state index is 12.5. The fourth-order valence-electron chi connectivity index (χ4n) is 2.92. The van der Waals surface area contributed by atoms with Crippen molar-refractivity contribution in [2.24, 2.45) is 0 Å². The highest BCUT2D eigenvalue weighted by molar-refractivity contribution is 6.29. The summed E-state index contributed by atoms with van der Waals surface area (Å²) in [5.41, 5.74) is 2.12. The summed E-state index contributed by atoms with van der Waals surface area (Å²) >= 11 is 5.75. The number of likely N-dealkylation sites (tertiary alicyclic amines) is 1. The number of rotatable bonds is 3. The second-order valence-electron chi connectivity index (χ2n) is 5.51. The normalized spacial score (nSPS) is 18.4. The number of halogens is 1. The van der Waals surface area contributed by atoms with Gasteiger partial charge < -0.3 is 9.32 Å². The fourth-order valence-corrected chi connectivity index (χ4v) is 3.07. The summed E-state index contributed by atoms with van der Waals surface area (Å²) < 4.78 is 7.21. The van der Waals surface area contributed by atoms with Crippen molar-refractivity contribution in [2.45, 2.75) is 39.3 Å². The van der Waals surface area contributed by atoms with Crippen LogP contribution in [0, 0.1) is 13.8 Å². The largest absolute Gasteiger partial charge is 0.440 e. The van der Waals surface area contributed by atoms with Gasteiger partial charge in [0, 0.05) is 12.2 Å². The highest BCUT2D eigenvalue weighted by Gasteiger charge is 2.31. The quantitative estimate of drug-likeness (QED) is 0.875. The lowest BCUT2D eigenvalue weighted by Gasteiger charge is -2.24.